The molecule has 37 heavy (non-hydrogen) atoms. The Morgan fingerprint density at radius 3 is 2.68 bits per heavy atom. The topological polar surface area (TPSA) is 73.6 Å². The van der Waals surface area contributed by atoms with E-state index in [2.05, 4.69) is 33.4 Å². The maximum atomic E-state index is 12.0. The van der Waals surface area contributed by atoms with E-state index in [0.717, 1.165) is 38.7 Å². The minimum Gasteiger partial charge on any atom is -0.493 e. The van der Waals surface area contributed by atoms with Gasteiger partial charge in [-0.1, -0.05) is 41.4 Å². The van der Waals surface area contributed by atoms with Crippen molar-refractivity contribution in [3.05, 3.63) is 101 Å². The van der Waals surface area contributed by atoms with Gasteiger partial charge < -0.3 is 14.8 Å². The van der Waals surface area contributed by atoms with Crippen molar-refractivity contribution in [1.82, 2.24) is 0 Å². The zero-order valence-corrected chi connectivity index (χ0v) is 23.6. The number of benzene rings is 3. The van der Waals surface area contributed by atoms with Crippen LogP contribution in [0, 0.1) is 29.9 Å². The van der Waals surface area contributed by atoms with Gasteiger partial charge in [0.2, 0.25) is 0 Å². The number of halogens is 3. The molecule has 0 bridgehead atoms. The quantitative estimate of drug-likeness (QED) is 0.173. The molecule has 1 aliphatic carbocycles. The Morgan fingerprint density at radius 1 is 1.19 bits per heavy atom. The number of ether oxygens (including phenoxy) is 2. The van der Waals surface area contributed by atoms with E-state index in [9.17, 15) is 10.1 Å². The lowest BCUT2D eigenvalue weighted by molar-refractivity contribution is -0.384. The number of nitro groups is 1. The van der Waals surface area contributed by atoms with Crippen molar-refractivity contribution < 1.29 is 14.4 Å². The van der Waals surface area contributed by atoms with E-state index >= 15 is 0 Å². The molecule has 9 heteroatoms. The molecular formula is C28H25BrCl2N2O4. The van der Waals surface area contributed by atoms with Crippen molar-refractivity contribution in [1.29, 1.82) is 0 Å². The van der Waals surface area contributed by atoms with Crippen molar-refractivity contribution in [3.63, 3.8) is 0 Å². The van der Waals surface area contributed by atoms with Gasteiger partial charge in [-0.2, -0.15) is 0 Å². The van der Waals surface area contributed by atoms with Crippen molar-refractivity contribution in [2.75, 3.05) is 12.4 Å². The second-order valence-corrected chi connectivity index (χ2v) is 11.1. The van der Waals surface area contributed by atoms with Crippen LogP contribution >= 0.6 is 39.1 Å². The molecule has 0 radical (unpaired) electrons. The molecule has 3 aromatic rings. The molecule has 0 aromatic heterocycles. The van der Waals surface area contributed by atoms with Crippen molar-refractivity contribution >= 4 is 50.5 Å². The number of hydrogen-bond acceptors (Lipinski definition) is 5. The zero-order valence-electron chi connectivity index (χ0n) is 20.5. The van der Waals surface area contributed by atoms with Crippen LogP contribution in [0.1, 0.15) is 46.2 Å². The third-order valence-corrected chi connectivity index (χ3v) is 8.52. The van der Waals surface area contributed by atoms with E-state index in [1.807, 2.05) is 32.0 Å². The van der Waals surface area contributed by atoms with Gasteiger partial charge >= 0.3 is 0 Å². The first-order valence-corrected chi connectivity index (χ1v) is 13.4. The van der Waals surface area contributed by atoms with E-state index < -0.39 is 0 Å². The standard InChI is InChI=1S/C28H25BrCl2N2O4/c1-14-9-23(33(34)35)27-25(15(14)2)19-5-4-6-20(19)26(32-27)17-10-21(29)28(24(11-17)36-3)37-13-16-7-8-18(30)12-22(16)31/h4-5,7-12,19-20,26,32H,6,13H2,1-3H3/t19-,20+,26+/m1/s1. The molecule has 1 N–H and O–H groups in total. The van der Waals surface area contributed by atoms with Crippen LogP contribution in [0.15, 0.2) is 53.0 Å². The van der Waals surface area contributed by atoms with Crippen LogP contribution < -0.4 is 14.8 Å². The number of allylic oxidation sites excluding steroid dienone is 2. The maximum Gasteiger partial charge on any atom is 0.292 e. The monoisotopic (exact) mass is 602 g/mol. The summed E-state index contributed by atoms with van der Waals surface area (Å²) in [5.74, 6) is 1.41. The van der Waals surface area contributed by atoms with Crippen molar-refractivity contribution in [3.8, 4) is 11.5 Å². The second-order valence-electron chi connectivity index (χ2n) is 9.42. The first kappa shape index (κ1) is 25.9. The number of rotatable bonds is 6. The summed E-state index contributed by atoms with van der Waals surface area (Å²) < 4.78 is 12.5. The summed E-state index contributed by atoms with van der Waals surface area (Å²) in [7, 11) is 1.59. The zero-order chi connectivity index (χ0) is 26.4. The van der Waals surface area contributed by atoms with Crippen LogP contribution in [-0.4, -0.2) is 12.0 Å². The molecule has 0 saturated carbocycles. The fourth-order valence-corrected chi connectivity index (χ4v) is 6.44. The minimum atomic E-state index is -0.302. The SMILES string of the molecule is COc1cc([C@@H]2Nc3c([N+](=O)[O-])cc(C)c(C)c3[C@@H]3C=CC[C@@H]32)cc(Br)c1OCc1ccc(Cl)cc1Cl. The fourth-order valence-electron chi connectivity index (χ4n) is 5.40. The molecule has 0 spiro atoms. The smallest absolute Gasteiger partial charge is 0.292 e. The fraction of sp³-hybridized carbons (Fsp3) is 0.286. The third-order valence-electron chi connectivity index (χ3n) is 7.34. The highest BCUT2D eigenvalue weighted by molar-refractivity contribution is 9.10. The highest BCUT2D eigenvalue weighted by Gasteiger charge is 2.42. The molecular weight excluding hydrogens is 579 g/mol. The molecule has 3 atom stereocenters. The lowest BCUT2D eigenvalue weighted by Gasteiger charge is -2.38. The Balaban J connectivity index is 1.52. The molecule has 0 saturated heterocycles. The number of anilines is 1. The normalized spacial score (nSPS) is 19.7. The molecule has 5 rings (SSSR count). The average molecular weight is 604 g/mol. The van der Waals surface area contributed by atoms with E-state index in [1.165, 1.54) is 0 Å². The van der Waals surface area contributed by atoms with Gasteiger partial charge in [-0.15, -0.1) is 0 Å². The Morgan fingerprint density at radius 2 is 1.97 bits per heavy atom. The molecule has 1 heterocycles. The summed E-state index contributed by atoms with van der Waals surface area (Å²) in [6.07, 6.45) is 5.23. The van der Waals surface area contributed by atoms with E-state index in [0.29, 0.717) is 27.2 Å². The highest BCUT2D eigenvalue weighted by atomic mass is 79.9. The molecule has 6 nitrogen and oxygen atoms in total. The lowest BCUT2D eigenvalue weighted by Crippen LogP contribution is -2.30. The maximum absolute atomic E-state index is 12.0. The summed E-state index contributed by atoms with van der Waals surface area (Å²) in [5.41, 5.74) is 5.50. The number of nitrogens with zero attached hydrogens (tertiary/aromatic N) is 1. The summed E-state index contributed by atoms with van der Waals surface area (Å²) in [4.78, 5) is 11.7. The summed E-state index contributed by atoms with van der Waals surface area (Å²) in [6.45, 7) is 4.21. The minimum absolute atomic E-state index is 0.0904. The van der Waals surface area contributed by atoms with E-state index in [4.69, 9.17) is 32.7 Å². The van der Waals surface area contributed by atoms with Crippen LogP contribution in [0.2, 0.25) is 10.0 Å². The lowest BCUT2D eigenvalue weighted by atomic mass is 9.74. The van der Waals surface area contributed by atoms with Crippen LogP contribution in [0.5, 0.6) is 11.5 Å². The Kier molecular flexibility index (Phi) is 7.14. The first-order valence-electron chi connectivity index (χ1n) is 11.9. The summed E-state index contributed by atoms with van der Waals surface area (Å²) in [6, 6.07) is 10.7. The van der Waals surface area contributed by atoms with Gasteiger partial charge in [0.25, 0.3) is 5.69 Å². The molecule has 192 valence electrons. The van der Waals surface area contributed by atoms with Gasteiger partial charge in [-0.3, -0.25) is 10.1 Å². The average Bonchev–Trinajstić information content (AvgIpc) is 3.35. The van der Waals surface area contributed by atoms with Gasteiger partial charge in [0, 0.05) is 27.6 Å². The van der Waals surface area contributed by atoms with Gasteiger partial charge in [0.05, 0.1) is 22.5 Å². The molecule has 0 unspecified atom stereocenters. The largest absolute Gasteiger partial charge is 0.493 e. The van der Waals surface area contributed by atoms with Crippen LogP contribution in [-0.2, 0) is 6.61 Å². The predicted octanol–water partition coefficient (Wildman–Crippen LogP) is 8.70. The van der Waals surface area contributed by atoms with Crippen LogP contribution in [0.4, 0.5) is 11.4 Å². The summed E-state index contributed by atoms with van der Waals surface area (Å²) >= 11 is 16.0. The predicted molar refractivity (Wildman–Crippen MR) is 150 cm³/mol. The summed E-state index contributed by atoms with van der Waals surface area (Å²) in [5, 5.41) is 16.6. The number of aryl methyl sites for hydroxylation is 1. The third kappa shape index (κ3) is 4.69. The van der Waals surface area contributed by atoms with E-state index in [-0.39, 0.29) is 35.1 Å². The highest BCUT2D eigenvalue weighted by Crippen LogP contribution is 2.54. The number of fused-ring (bicyclic) bond motifs is 3. The number of nitrogens with one attached hydrogen (secondary N) is 1. The van der Waals surface area contributed by atoms with Gasteiger partial charge in [-0.05, 0) is 88.6 Å². The second kappa shape index (κ2) is 10.2. The van der Waals surface area contributed by atoms with E-state index in [1.54, 1.807) is 25.3 Å². The van der Waals surface area contributed by atoms with Crippen LogP contribution in [0.25, 0.3) is 0 Å². The molecule has 0 amide bonds. The first-order chi connectivity index (χ1) is 17.7. The van der Waals surface area contributed by atoms with Crippen molar-refractivity contribution in [2.45, 2.75) is 38.8 Å². The van der Waals surface area contributed by atoms with Gasteiger partial charge in [-0.25, -0.2) is 0 Å². The van der Waals surface area contributed by atoms with Gasteiger partial charge in [0.15, 0.2) is 11.5 Å². The Labute approximate surface area is 233 Å². The molecule has 3 aromatic carbocycles. The number of nitro benzene ring substituents is 1. The molecule has 1 aliphatic heterocycles. The Bertz CT molecular complexity index is 1440. The number of methoxy groups -OCH3 is 1. The Hall–Kier alpha value is -2.74. The number of hydrogen-bond donors (Lipinski definition) is 1. The van der Waals surface area contributed by atoms with Crippen LogP contribution in [0.3, 0.4) is 0 Å². The van der Waals surface area contributed by atoms with Gasteiger partial charge in [0.1, 0.15) is 12.3 Å². The molecule has 0 fully saturated rings. The molecule has 2 aliphatic rings. The van der Waals surface area contributed by atoms with Crippen molar-refractivity contribution in [2.24, 2.45) is 5.92 Å².